The molecule has 1 amide bonds. The summed E-state index contributed by atoms with van der Waals surface area (Å²) in [7, 11) is 1.65. The molecule has 0 aromatic heterocycles. The summed E-state index contributed by atoms with van der Waals surface area (Å²) in [5, 5.41) is 2.97. The highest BCUT2D eigenvalue weighted by Crippen LogP contribution is 2.23. The van der Waals surface area contributed by atoms with Crippen molar-refractivity contribution in [1.82, 2.24) is 5.32 Å². The summed E-state index contributed by atoms with van der Waals surface area (Å²) in [6.07, 6.45) is 4.02. The van der Waals surface area contributed by atoms with Gasteiger partial charge >= 0.3 is 0 Å². The average molecular weight is 295 g/mol. The molecule has 1 N–H and O–H groups in total. The molecule has 1 aliphatic carbocycles. The summed E-state index contributed by atoms with van der Waals surface area (Å²) in [6, 6.07) is 14.2. The summed E-state index contributed by atoms with van der Waals surface area (Å²) < 4.78 is 5.12. The Labute approximate surface area is 131 Å². The predicted octanol–water partition coefficient (Wildman–Crippen LogP) is 3.04. The lowest BCUT2D eigenvalue weighted by Crippen LogP contribution is -2.24. The zero-order valence-electron chi connectivity index (χ0n) is 12.9. The molecular formula is C19H21NO2. The fourth-order valence-electron chi connectivity index (χ4n) is 2.93. The lowest BCUT2D eigenvalue weighted by atomic mass is 10.0. The van der Waals surface area contributed by atoms with Gasteiger partial charge < -0.3 is 10.1 Å². The number of fused-ring (bicyclic) bond motifs is 1. The second-order valence-electron chi connectivity index (χ2n) is 5.76. The van der Waals surface area contributed by atoms with Gasteiger partial charge in [0.2, 0.25) is 5.91 Å². The van der Waals surface area contributed by atoms with Crippen LogP contribution in [0.1, 0.15) is 28.7 Å². The first-order valence-electron chi connectivity index (χ1n) is 7.75. The molecule has 114 valence electrons. The van der Waals surface area contributed by atoms with Gasteiger partial charge in [0.05, 0.1) is 13.5 Å². The van der Waals surface area contributed by atoms with E-state index in [9.17, 15) is 4.79 Å². The van der Waals surface area contributed by atoms with Crippen LogP contribution in [0.5, 0.6) is 5.75 Å². The molecule has 3 heteroatoms. The van der Waals surface area contributed by atoms with Crippen LogP contribution in [0.15, 0.2) is 42.5 Å². The highest BCUT2D eigenvalue weighted by Gasteiger charge is 2.12. The van der Waals surface area contributed by atoms with Crippen LogP contribution in [0, 0.1) is 0 Å². The second kappa shape index (κ2) is 6.65. The maximum absolute atomic E-state index is 12.1. The van der Waals surface area contributed by atoms with Crippen LogP contribution in [0.4, 0.5) is 0 Å². The normalized spacial score (nSPS) is 12.8. The molecule has 1 aliphatic rings. The first kappa shape index (κ1) is 14.6. The van der Waals surface area contributed by atoms with Gasteiger partial charge in [0.15, 0.2) is 0 Å². The highest BCUT2D eigenvalue weighted by atomic mass is 16.5. The molecule has 22 heavy (non-hydrogen) atoms. The second-order valence-corrected chi connectivity index (χ2v) is 5.76. The Hall–Kier alpha value is -2.29. The van der Waals surface area contributed by atoms with Gasteiger partial charge in [0.1, 0.15) is 5.75 Å². The molecule has 0 atom stereocenters. The molecule has 0 spiro atoms. The predicted molar refractivity (Wildman–Crippen MR) is 87.0 cm³/mol. The number of nitrogens with one attached hydrogen (secondary N) is 1. The van der Waals surface area contributed by atoms with Crippen LogP contribution in [-0.4, -0.2) is 13.0 Å². The number of rotatable bonds is 5. The Morgan fingerprint density at radius 2 is 1.77 bits per heavy atom. The van der Waals surface area contributed by atoms with Crippen LogP contribution in [0.2, 0.25) is 0 Å². The molecule has 0 heterocycles. The van der Waals surface area contributed by atoms with Crippen molar-refractivity contribution in [3.8, 4) is 5.75 Å². The van der Waals surface area contributed by atoms with E-state index in [1.54, 1.807) is 7.11 Å². The van der Waals surface area contributed by atoms with Crippen molar-refractivity contribution >= 4 is 5.91 Å². The van der Waals surface area contributed by atoms with Gasteiger partial charge in [-0.05, 0) is 53.6 Å². The molecule has 2 aromatic rings. The standard InChI is InChI=1S/C19H21NO2/c1-22-18-9-6-14(7-10-18)13-20-19(21)12-15-5-8-16-3-2-4-17(16)11-15/h5-11H,2-4,12-13H2,1H3,(H,20,21). The number of amides is 1. The number of hydrogen-bond acceptors (Lipinski definition) is 2. The number of aryl methyl sites for hydroxylation is 2. The lowest BCUT2D eigenvalue weighted by molar-refractivity contribution is -0.120. The third kappa shape index (κ3) is 3.48. The van der Waals surface area contributed by atoms with Crippen molar-refractivity contribution in [2.75, 3.05) is 7.11 Å². The number of benzene rings is 2. The molecule has 3 nitrogen and oxygen atoms in total. The smallest absolute Gasteiger partial charge is 0.224 e. The van der Waals surface area contributed by atoms with Gasteiger partial charge in [0, 0.05) is 6.54 Å². The van der Waals surface area contributed by atoms with Gasteiger partial charge in [-0.1, -0.05) is 30.3 Å². The third-order valence-electron chi connectivity index (χ3n) is 4.18. The summed E-state index contributed by atoms with van der Waals surface area (Å²) in [5.41, 5.74) is 5.04. The monoisotopic (exact) mass is 295 g/mol. The van der Waals surface area contributed by atoms with Crippen LogP contribution >= 0.6 is 0 Å². The van der Waals surface area contributed by atoms with Crippen molar-refractivity contribution in [1.29, 1.82) is 0 Å². The van der Waals surface area contributed by atoms with Crippen LogP contribution in [0.3, 0.4) is 0 Å². The molecule has 0 bridgehead atoms. The van der Waals surface area contributed by atoms with Crippen molar-refractivity contribution in [2.24, 2.45) is 0 Å². The Bertz CT molecular complexity index is 662. The Morgan fingerprint density at radius 1 is 1.05 bits per heavy atom. The van der Waals surface area contributed by atoms with E-state index in [-0.39, 0.29) is 5.91 Å². The van der Waals surface area contributed by atoms with E-state index in [4.69, 9.17) is 4.74 Å². The minimum Gasteiger partial charge on any atom is -0.497 e. The fourth-order valence-corrected chi connectivity index (χ4v) is 2.93. The molecule has 0 saturated heterocycles. The minimum atomic E-state index is 0.0637. The van der Waals surface area contributed by atoms with Gasteiger partial charge in [-0.2, -0.15) is 0 Å². The van der Waals surface area contributed by atoms with Crippen LogP contribution < -0.4 is 10.1 Å². The van der Waals surface area contributed by atoms with Crippen LogP contribution in [0.25, 0.3) is 0 Å². The highest BCUT2D eigenvalue weighted by molar-refractivity contribution is 5.78. The number of carbonyl (C=O) groups is 1. The number of hydrogen-bond donors (Lipinski definition) is 1. The van der Waals surface area contributed by atoms with E-state index in [0.29, 0.717) is 13.0 Å². The maximum atomic E-state index is 12.1. The first-order valence-corrected chi connectivity index (χ1v) is 7.75. The van der Waals surface area contributed by atoms with Crippen molar-refractivity contribution in [3.63, 3.8) is 0 Å². The van der Waals surface area contributed by atoms with Gasteiger partial charge in [0.25, 0.3) is 0 Å². The largest absolute Gasteiger partial charge is 0.497 e. The quantitative estimate of drug-likeness (QED) is 0.920. The lowest BCUT2D eigenvalue weighted by Gasteiger charge is -2.08. The molecule has 3 rings (SSSR count). The minimum absolute atomic E-state index is 0.0637. The van der Waals surface area contributed by atoms with Crippen molar-refractivity contribution in [3.05, 3.63) is 64.7 Å². The van der Waals surface area contributed by atoms with E-state index < -0.39 is 0 Å². The molecular weight excluding hydrogens is 274 g/mol. The summed E-state index contributed by atoms with van der Waals surface area (Å²) >= 11 is 0. The fraction of sp³-hybridized carbons (Fsp3) is 0.316. The topological polar surface area (TPSA) is 38.3 Å². The molecule has 2 aromatic carbocycles. The zero-order valence-corrected chi connectivity index (χ0v) is 12.9. The van der Waals surface area contributed by atoms with Gasteiger partial charge in [-0.25, -0.2) is 0 Å². The first-order chi connectivity index (χ1) is 10.7. The molecule has 0 aliphatic heterocycles. The van der Waals surface area contributed by atoms with Gasteiger partial charge in [-0.3, -0.25) is 4.79 Å². The maximum Gasteiger partial charge on any atom is 0.224 e. The molecule has 0 saturated carbocycles. The summed E-state index contributed by atoms with van der Waals surface area (Å²) in [6.45, 7) is 0.549. The summed E-state index contributed by atoms with van der Waals surface area (Å²) in [5.74, 6) is 0.891. The number of carbonyl (C=O) groups excluding carboxylic acids is 1. The SMILES string of the molecule is COc1ccc(CNC(=O)Cc2ccc3c(c2)CCC3)cc1. The van der Waals surface area contributed by atoms with Gasteiger partial charge in [-0.15, -0.1) is 0 Å². The Kier molecular flexibility index (Phi) is 4.42. The van der Waals surface area contributed by atoms with Crippen molar-refractivity contribution in [2.45, 2.75) is 32.2 Å². The van der Waals surface area contributed by atoms with E-state index in [2.05, 4.69) is 23.5 Å². The zero-order chi connectivity index (χ0) is 15.4. The van der Waals surface area contributed by atoms with E-state index in [0.717, 1.165) is 23.3 Å². The number of methoxy groups -OCH3 is 1. The molecule has 0 radical (unpaired) electrons. The van der Waals surface area contributed by atoms with Crippen LogP contribution in [-0.2, 0) is 30.6 Å². The van der Waals surface area contributed by atoms with E-state index in [1.165, 1.54) is 24.0 Å². The van der Waals surface area contributed by atoms with E-state index >= 15 is 0 Å². The van der Waals surface area contributed by atoms with E-state index in [1.807, 2.05) is 24.3 Å². The Morgan fingerprint density at radius 3 is 2.55 bits per heavy atom. The number of ether oxygens (including phenoxy) is 1. The third-order valence-corrected chi connectivity index (χ3v) is 4.18. The summed E-state index contributed by atoms with van der Waals surface area (Å²) in [4.78, 5) is 12.1. The average Bonchev–Trinajstić information content (AvgIpc) is 3.01. The van der Waals surface area contributed by atoms with Crippen molar-refractivity contribution < 1.29 is 9.53 Å². The Balaban J connectivity index is 1.53. The molecule has 0 fully saturated rings. The molecule has 0 unspecified atom stereocenters.